The molecule has 1 atom stereocenters. The number of carboxylic acid groups (broad SMARTS) is 1. The number of rotatable bonds is 5. The average molecular weight is 210 g/mol. The van der Waals surface area contributed by atoms with Crippen LogP contribution in [0.2, 0.25) is 0 Å². The van der Waals surface area contributed by atoms with Crippen LogP contribution in [0.15, 0.2) is 18.3 Å². The molecule has 0 fully saturated rings. The van der Waals surface area contributed by atoms with Gasteiger partial charge in [-0.1, -0.05) is 0 Å². The summed E-state index contributed by atoms with van der Waals surface area (Å²) in [7, 11) is 0. The Labute approximate surface area is 87.8 Å². The number of aliphatic hydroxyl groups excluding tert-OH is 1. The lowest BCUT2D eigenvalue weighted by Gasteiger charge is -2.12. The molecule has 0 aromatic carbocycles. The Morgan fingerprint density at radius 1 is 1.67 bits per heavy atom. The number of aromatic nitrogens is 1. The molecule has 0 aliphatic carbocycles. The maximum absolute atomic E-state index is 10.7. The fraction of sp³-hybridized carbons (Fsp3) is 0.400. The highest BCUT2D eigenvalue weighted by Crippen LogP contribution is 2.09. The van der Waals surface area contributed by atoms with Gasteiger partial charge in [-0.2, -0.15) is 0 Å². The van der Waals surface area contributed by atoms with Gasteiger partial charge in [0, 0.05) is 18.8 Å². The van der Waals surface area contributed by atoms with Gasteiger partial charge in [0.25, 0.3) is 0 Å². The number of nitrogens with one attached hydrogen (secondary N) is 1. The van der Waals surface area contributed by atoms with Gasteiger partial charge in [0.1, 0.15) is 5.82 Å². The van der Waals surface area contributed by atoms with Crippen LogP contribution in [0, 0.1) is 0 Å². The summed E-state index contributed by atoms with van der Waals surface area (Å²) in [6, 6.07) is 2.96. The summed E-state index contributed by atoms with van der Waals surface area (Å²) in [4.78, 5) is 14.7. The Balaban J connectivity index is 2.69. The highest BCUT2D eigenvalue weighted by molar-refractivity contribution is 5.88. The standard InChI is InChI=1S/C10H14N2O3/c1-7(3-5-13)12-9-6-8(10(14)15)2-4-11-9/h2,4,6-7,13H,3,5H2,1H3,(H,11,12)(H,14,15). The van der Waals surface area contributed by atoms with Gasteiger partial charge in [0.2, 0.25) is 0 Å². The number of aliphatic hydroxyl groups is 1. The van der Waals surface area contributed by atoms with Crippen LogP contribution < -0.4 is 5.32 Å². The van der Waals surface area contributed by atoms with Crippen molar-refractivity contribution in [3.8, 4) is 0 Å². The van der Waals surface area contributed by atoms with Crippen LogP contribution in [-0.2, 0) is 0 Å². The number of carboxylic acids is 1. The molecule has 1 aromatic heterocycles. The molecule has 1 heterocycles. The molecule has 0 amide bonds. The van der Waals surface area contributed by atoms with Crippen molar-refractivity contribution < 1.29 is 15.0 Å². The van der Waals surface area contributed by atoms with Crippen LogP contribution in [0.25, 0.3) is 0 Å². The molecule has 82 valence electrons. The van der Waals surface area contributed by atoms with Gasteiger partial charge in [-0.3, -0.25) is 0 Å². The molecule has 0 radical (unpaired) electrons. The minimum absolute atomic E-state index is 0.0616. The lowest BCUT2D eigenvalue weighted by molar-refractivity contribution is 0.0697. The number of anilines is 1. The van der Waals surface area contributed by atoms with E-state index >= 15 is 0 Å². The minimum atomic E-state index is -0.977. The Morgan fingerprint density at radius 2 is 2.40 bits per heavy atom. The van der Waals surface area contributed by atoms with Gasteiger partial charge in [-0.15, -0.1) is 0 Å². The van der Waals surface area contributed by atoms with Crippen molar-refractivity contribution in [2.45, 2.75) is 19.4 Å². The van der Waals surface area contributed by atoms with Gasteiger partial charge in [0.05, 0.1) is 5.56 Å². The second-order valence-corrected chi connectivity index (χ2v) is 3.29. The molecule has 0 spiro atoms. The van der Waals surface area contributed by atoms with E-state index in [-0.39, 0.29) is 18.2 Å². The molecule has 0 saturated carbocycles. The fourth-order valence-electron chi connectivity index (χ4n) is 1.16. The number of hydrogen-bond donors (Lipinski definition) is 3. The predicted octanol–water partition coefficient (Wildman–Crippen LogP) is 0.963. The van der Waals surface area contributed by atoms with Crippen molar-refractivity contribution in [3.05, 3.63) is 23.9 Å². The highest BCUT2D eigenvalue weighted by Gasteiger charge is 2.06. The summed E-state index contributed by atoms with van der Waals surface area (Å²) in [6.45, 7) is 1.98. The van der Waals surface area contributed by atoms with E-state index in [9.17, 15) is 4.79 Å². The third kappa shape index (κ3) is 3.55. The number of nitrogens with zero attached hydrogens (tertiary/aromatic N) is 1. The van der Waals surface area contributed by atoms with E-state index in [0.717, 1.165) is 0 Å². The van der Waals surface area contributed by atoms with Gasteiger partial charge in [0.15, 0.2) is 0 Å². The Kier molecular flexibility index (Phi) is 4.05. The first kappa shape index (κ1) is 11.5. The summed E-state index contributed by atoms with van der Waals surface area (Å²) in [5, 5.41) is 20.5. The largest absolute Gasteiger partial charge is 0.478 e. The van der Waals surface area contributed by atoms with Crippen molar-refractivity contribution >= 4 is 11.8 Å². The molecule has 0 saturated heterocycles. The molecule has 15 heavy (non-hydrogen) atoms. The molecular formula is C10H14N2O3. The average Bonchev–Trinajstić information content (AvgIpc) is 2.18. The smallest absolute Gasteiger partial charge is 0.335 e. The van der Waals surface area contributed by atoms with E-state index in [4.69, 9.17) is 10.2 Å². The van der Waals surface area contributed by atoms with Crippen LogP contribution in [0.1, 0.15) is 23.7 Å². The van der Waals surface area contributed by atoms with Crippen LogP contribution in [0.5, 0.6) is 0 Å². The summed E-state index contributed by atoms with van der Waals surface area (Å²) in [6.07, 6.45) is 2.04. The van der Waals surface area contributed by atoms with Crippen molar-refractivity contribution in [1.82, 2.24) is 4.98 Å². The Hall–Kier alpha value is -1.62. The molecule has 1 aromatic rings. The fourth-order valence-corrected chi connectivity index (χ4v) is 1.16. The lowest BCUT2D eigenvalue weighted by atomic mass is 10.2. The summed E-state index contributed by atoms with van der Waals surface area (Å²) in [5.41, 5.74) is 0.198. The van der Waals surface area contributed by atoms with Crippen molar-refractivity contribution in [2.24, 2.45) is 0 Å². The van der Waals surface area contributed by atoms with Crippen molar-refractivity contribution in [1.29, 1.82) is 0 Å². The molecular weight excluding hydrogens is 196 g/mol. The predicted molar refractivity (Wildman–Crippen MR) is 56.0 cm³/mol. The number of aromatic carboxylic acids is 1. The van der Waals surface area contributed by atoms with E-state index in [0.29, 0.717) is 12.2 Å². The van der Waals surface area contributed by atoms with Crippen LogP contribution in [-0.4, -0.2) is 33.8 Å². The van der Waals surface area contributed by atoms with E-state index < -0.39 is 5.97 Å². The number of pyridine rings is 1. The topological polar surface area (TPSA) is 82.5 Å². The summed E-state index contributed by atoms with van der Waals surface area (Å²) in [5.74, 6) is -0.467. The normalized spacial score (nSPS) is 12.1. The van der Waals surface area contributed by atoms with Crippen LogP contribution in [0.4, 0.5) is 5.82 Å². The molecule has 3 N–H and O–H groups in total. The van der Waals surface area contributed by atoms with E-state index in [1.165, 1.54) is 18.3 Å². The molecule has 0 aliphatic rings. The zero-order valence-corrected chi connectivity index (χ0v) is 8.47. The van der Waals surface area contributed by atoms with Crippen molar-refractivity contribution in [2.75, 3.05) is 11.9 Å². The first-order valence-electron chi connectivity index (χ1n) is 4.70. The second-order valence-electron chi connectivity index (χ2n) is 3.29. The quantitative estimate of drug-likeness (QED) is 0.674. The maximum atomic E-state index is 10.7. The third-order valence-electron chi connectivity index (χ3n) is 1.96. The molecule has 1 unspecified atom stereocenters. The first-order valence-corrected chi connectivity index (χ1v) is 4.70. The zero-order chi connectivity index (χ0) is 11.3. The highest BCUT2D eigenvalue weighted by atomic mass is 16.4. The van der Waals surface area contributed by atoms with Crippen LogP contribution in [0.3, 0.4) is 0 Å². The van der Waals surface area contributed by atoms with Gasteiger partial charge >= 0.3 is 5.97 Å². The van der Waals surface area contributed by atoms with Crippen LogP contribution >= 0.6 is 0 Å². The van der Waals surface area contributed by atoms with Crippen molar-refractivity contribution in [3.63, 3.8) is 0 Å². The molecule has 1 rings (SSSR count). The lowest BCUT2D eigenvalue weighted by Crippen LogP contribution is -2.17. The van der Waals surface area contributed by atoms with Gasteiger partial charge in [-0.05, 0) is 25.5 Å². The zero-order valence-electron chi connectivity index (χ0n) is 8.47. The molecule has 0 aliphatic heterocycles. The minimum Gasteiger partial charge on any atom is -0.478 e. The summed E-state index contributed by atoms with van der Waals surface area (Å²) < 4.78 is 0. The van der Waals surface area contributed by atoms with E-state index in [2.05, 4.69) is 10.3 Å². The van der Waals surface area contributed by atoms with E-state index in [1.54, 1.807) is 0 Å². The summed E-state index contributed by atoms with van der Waals surface area (Å²) >= 11 is 0. The number of hydrogen-bond acceptors (Lipinski definition) is 4. The third-order valence-corrected chi connectivity index (χ3v) is 1.96. The SMILES string of the molecule is CC(CCO)Nc1cc(C(=O)O)ccn1. The van der Waals surface area contributed by atoms with Gasteiger partial charge < -0.3 is 15.5 Å². The molecule has 5 heteroatoms. The van der Waals surface area contributed by atoms with E-state index in [1.807, 2.05) is 6.92 Å². The maximum Gasteiger partial charge on any atom is 0.335 e. The molecule has 0 bridgehead atoms. The monoisotopic (exact) mass is 210 g/mol. The first-order chi connectivity index (χ1) is 7.13. The molecule has 5 nitrogen and oxygen atoms in total. The van der Waals surface area contributed by atoms with Gasteiger partial charge in [-0.25, -0.2) is 9.78 Å². The second kappa shape index (κ2) is 5.31. The number of carbonyl (C=O) groups is 1. The Morgan fingerprint density at radius 3 is 3.00 bits per heavy atom. The Bertz CT molecular complexity index is 341.